The molecule has 0 saturated heterocycles. The highest BCUT2D eigenvalue weighted by molar-refractivity contribution is 5.94. The van der Waals surface area contributed by atoms with Crippen molar-refractivity contribution < 1.29 is 14.3 Å². The van der Waals surface area contributed by atoms with E-state index < -0.39 is 5.63 Å². The van der Waals surface area contributed by atoms with Crippen molar-refractivity contribution >= 4 is 16.8 Å². The number of anilines is 1. The molecule has 0 radical (unpaired) electrons. The molecule has 0 amide bonds. The second-order valence-corrected chi connectivity index (χ2v) is 9.36. The molecule has 6 rings (SSSR count). The topological polar surface area (TPSA) is 140 Å². The van der Waals surface area contributed by atoms with Crippen molar-refractivity contribution in [3.8, 4) is 56.9 Å². The van der Waals surface area contributed by atoms with E-state index in [2.05, 4.69) is 11.1 Å². The van der Waals surface area contributed by atoms with Crippen molar-refractivity contribution in [2.24, 2.45) is 0 Å². The van der Waals surface area contributed by atoms with Crippen LogP contribution in [0.1, 0.15) is 11.1 Å². The zero-order valence-electron chi connectivity index (χ0n) is 22.1. The molecule has 9 heteroatoms. The van der Waals surface area contributed by atoms with E-state index in [1.165, 1.54) is 0 Å². The Morgan fingerprint density at radius 3 is 2.51 bits per heavy atom. The van der Waals surface area contributed by atoms with Crippen LogP contribution in [0.25, 0.3) is 50.3 Å². The van der Waals surface area contributed by atoms with Crippen molar-refractivity contribution in [2.45, 2.75) is 6.92 Å². The molecule has 0 spiro atoms. The van der Waals surface area contributed by atoms with Crippen molar-refractivity contribution in [3.63, 3.8) is 0 Å². The average Bonchev–Trinajstić information content (AvgIpc) is 3.43. The largest absolute Gasteiger partial charge is 0.506 e. The van der Waals surface area contributed by atoms with E-state index in [9.17, 15) is 15.2 Å². The molecule has 9 nitrogen and oxygen atoms in total. The van der Waals surface area contributed by atoms with Gasteiger partial charge in [0, 0.05) is 22.9 Å². The highest BCUT2D eigenvalue weighted by atomic mass is 16.5. The van der Waals surface area contributed by atoms with E-state index in [-0.39, 0.29) is 34.0 Å². The Hall–Kier alpha value is -5.88. The lowest BCUT2D eigenvalue weighted by atomic mass is 9.96. The van der Waals surface area contributed by atoms with E-state index >= 15 is 0 Å². The summed E-state index contributed by atoms with van der Waals surface area (Å²) in [5.41, 5.74) is 9.42. The summed E-state index contributed by atoms with van der Waals surface area (Å²) in [7, 11) is 1.57. The maximum atomic E-state index is 13.2. The second kappa shape index (κ2) is 10.0. The Kier molecular flexibility index (Phi) is 6.21. The minimum absolute atomic E-state index is 0.0598. The van der Waals surface area contributed by atoms with E-state index in [4.69, 9.17) is 20.0 Å². The maximum absolute atomic E-state index is 13.2. The molecule has 0 aliphatic rings. The number of methoxy groups -OCH3 is 1. The minimum Gasteiger partial charge on any atom is -0.506 e. The van der Waals surface area contributed by atoms with Gasteiger partial charge in [-0.15, -0.1) is 0 Å². The SMILES string of the molecule is COc1ccccc1-c1nn(-c2ccccc2)cc1-c1cc(-c2c(O)c3cccc(C)c3oc2=O)nc(N)c1C#N. The summed E-state index contributed by atoms with van der Waals surface area (Å²) in [4.78, 5) is 17.5. The van der Waals surface area contributed by atoms with Gasteiger partial charge in [-0.25, -0.2) is 14.5 Å². The minimum atomic E-state index is -0.781. The Morgan fingerprint density at radius 1 is 1.00 bits per heavy atom. The lowest BCUT2D eigenvalue weighted by Crippen LogP contribution is -2.08. The van der Waals surface area contributed by atoms with Crippen LogP contribution in [0.15, 0.2) is 94.3 Å². The number of pyridine rings is 1. The summed E-state index contributed by atoms with van der Waals surface area (Å²) in [6.07, 6.45) is 1.78. The van der Waals surface area contributed by atoms with Crippen LogP contribution in [0.4, 0.5) is 5.82 Å². The van der Waals surface area contributed by atoms with E-state index in [1.54, 1.807) is 49.2 Å². The normalized spacial score (nSPS) is 11.0. The molecule has 3 N–H and O–H groups in total. The van der Waals surface area contributed by atoms with Gasteiger partial charge in [-0.05, 0) is 48.9 Å². The molecule has 6 aromatic rings. The van der Waals surface area contributed by atoms with Gasteiger partial charge in [-0.3, -0.25) is 0 Å². The Morgan fingerprint density at radius 2 is 1.76 bits per heavy atom. The van der Waals surface area contributed by atoms with Gasteiger partial charge in [0.25, 0.3) is 0 Å². The molecule has 0 aliphatic heterocycles. The summed E-state index contributed by atoms with van der Waals surface area (Å²) in [5, 5.41) is 26.6. The average molecular weight is 542 g/mol. The highest BCUT2D eigenvalue weighted by Crippen LogP contribution is 2.41. The summed E-state index contributed by atoms with van der Waals surface area (Å²) in [6, 6.07) is 25.8. The number of nitriles is 1. The van der Waals surface area contributed by atoms with E-state index in [1.807, 2.05) is 54.6 Å². The van der Waals surface area contributed by atoms with Crippen LogP contribution in [0, 0.1) is 18.3 Å². The number of nitrogen functional groups attached to an aromatic ring is 1. The molecule has 0 saturated carbocycles. The molecule has 0 aliphatic carbocycles. The van der Waals surface area contributed by atoms with E-state index in [0.717, 1.165) is 5.69 Å². The van der Waals surface area contributed by atoms with Gasteiger partial charge in [-0.2, -0.15) is 10.4 Å². The van der Waals surface area contributed by atoms with Gasteiger partial charge < -0.3 is 20.0 Å². The molecule has 3 heterocycles. The van der Waals surface area contributed by atoms with Gasteiger partial charge in [0.1, 0.15) is 45.8 Å². The predicted molar refractivity (Wildman–Crippen MR) is 156 cm³/mol. The second-order valence-electron chi connectivity index (χ2n) is 9.36. The third-order valence-corrected chi connectivity index (χ3v) is 6.91. The molecular formula is C32H23N5O4. The molecule has 41 heavy (non-hydrogen) atoms. The van der Waals surface area contributed by atoms with Crippen LogP contribution in [-0.4, -0.2) is 27.0 Å². The third-order valence-electron chi connectivity index (χ3n) is 6.91. The first-order valence-corrected chi connectivity index (χ1v) is 12.7. The van der Waals surface area contributed by atoms with Crippen molar-refractivity contribution in [2.75, 3.05) is 12.8 Å². The van der Waals surface area contributed by atoms with Crippen LogP contribution in [-0.2, 0) is 0 Å². The number of fused-ring (bicyclic) bond motifs is 1. The fourth-order valence-corrected chi connectivity index (χ4v) is 4.92. The number of aryl methyl sites for hydroxylation is 1. The highest BCUT2D eigenvalue weighted by Gasteiger charge is 2.25. The fraction of sp³-hybridized carbons (Fsp3) is 0.0625. The van der Waals surface area contributed by atoms with Crippen molar-refractivity contribution in [3.05, 3.63) is 107 Å². The first kappa shape index (κ1) is 25.4. The van der Waals surface area contributed by atoms with E-state index in [0.29, 0.717) is 39.1 Å². The predicted octanol–water partition coefficient (Wildman–Crippen LogP) is 5.85. The molecule has 3 aromatic heterocycles. The number of rotatable bonds is 5. The first-order valence-electron chi connectivity index (χ1n) is 12.7. The smallest absolute Gasteiger partial charge is 0.349 e. The molecule has 3 aromatic carbocycles. The summed E-state index contributed by atoms with van der Waals surface area (Å²) < 4.78 is 12.9. The number of nitrogens with two attached hydrogens (primary N) is 1. The number of hydrogen-bond donors (Lipinski definition) is 2. The lowest BCUT2D eigenvalue weighted by Gasteiger charge is -2.12. The Balaban J connectivity index is 1.66. The van der Waals surface area contributed by atoms with Crippen LogP contribution >= 0.6 is 0 Å². The maximum Gasteiger partial charge on any atom is 0.349 e. The molecule has 0 fully saturated rings. The molecule has 200 valence electrons. The van der Waals surface area contributed by atoms with Crippen LogP contribution in [0.3, 0.4) is 0 Å². The summed E-state index contributed by atoms with van der Waals surface area (Å²) in [5.74, 6) is 0.185. The first-order chi connectivity index (χ1) is 19.9. The molecule has 0 bridgehead atoms. The number of benzene rings is 3. The summed E-state index contributed by atoms with van der Waals surface area (Å²) in [6.45, 7) is 1.78. The zero-order valence-corrected chi connectivity index (χ0v) is 22.1. The quantitative estimate of drug-likeness (QED) is 0.259. The van der Waals surface area contributed by atoms with Crippen LogP contribution in [0.2, 0.25) is 0 Å². The van der Waals surface area contributed by atoms with Gasteiger partial charge in [0.15, 0.2) is 0 Å². The summed E-state index contributed by atoms with van der Waals surface area (Å²) >= 11 is 0. The van der Waals surface area contributed by atoms with Crippen molar-refractivity contribution in [1.29, 1.82) is 5.26 Å². The Labute approximate surface area is 234 Å². The van der Waals surface area contributed by atoms with Gasteiger partial charge >= 0.3 is 5.63 Å². The van der Waals surface area contributed by atoms with Crippen LogP contribution < -0.4 is 16.1 Å². The number of para-hydroxylation sites is 3. The monoisotopic (exact) mass is 541 g/mol. The van der Waals surface area contributed by atoms with Gasteiger partial charge in [-0.1, -0.05) is 42.5 Å². The van der Waals surface area contributed by atoms with Crippen molar-refractivity contribution in [1.82, 2.24) is 14.8 Å². The molecular weight excluding hydrogens is 518 g/mol. The number of aromatic hydroxyl groups is 1. The third kappa shape index (κ3) is 4.24. The number of nitrogens with zero attached hydrogens (tertiary/aromatic N) is 4. The molecule has 0 atom stereocenters. The zero-order chi connectivity index (χ0) is 28.7. The number of aromatic nitrogens is 3. The Bertz CT molecular complexity index is 2060. The fourth-order valence-electron chi connectivity index (χ4n) is 4.92. The lowest BCUT2D eigenvalue weighted by molar-refractivity contribution is 0.416. The van der Waals surface area contributed by atoms with Crippen LogP contribution in [0.5, 0.6) is 11.5 Å². The van der Waals surface area contributed by atoms with Gasteiger partial charge in [0.05, 0.1) is 23.9 Å². The van der Waals surface area contributed by atoms with Gasteiger partial charge in [0.2, 0.25) is 0 Å². The molecule has 0 unspecified atom stereocenters. The number of hydrogen-bond acceptors (Lipinski definition) is 8. The standard InChI is InChI=1S/C32H23N5O4/c1-18-9-8-13-21-29(38)27(32(39)41-30(18)21)25-15-22(23(16-33)31(34)35-25)24-17-37(19-10-4-3-5-11-19)36-28(24)20-12-6-7-14-26(20)40-2/h3-15,17,38H,1-2H3,(H2,34,35). The number of ether oxygens (including phenoxy) is 1.